The molecule has 3 aliphatic rings. The monoisotopic (exact) mass is 232 g/mol. The number of aliphatic hydroxyl groups is 1. The lowest BCUT2D eigenvalue weighted by Gasteiger charge is -2.00. The van der Waals surface area contributed by atoms with E-state index in [9.17, 15) is 0 Å². The van der Waals surface area contributed by atoms with E-state index in [4.69, 9.17) is 24.1 Å². The zero-order valence-electron chi connectivity index (χ0n) is 9.47. The maximum absolute atomic E-state index is 8.44. The minimum atomic E-state index is 0.153. The van der Waals surface area contributed by atoms with Crippen LogP contribution in [0.1, 0.15) is 12.8 Å². The third-order valence-corrected chi connectivity index (χ3v) is 2.64. The Bertz CT molecular complexity index is 173. The largest absolute Gasteiger partial charge is 0.394 e. The molecular formula is C11H20O5. The molecule has 0 bridgehead atoms. The van der Waals surface area contributed by atoms with E-state index in [1.807, 2.05) is 0 Å². The summed E-state index contributed by atoms with van der Waals surface area (Å²) in [7, 11) is 0. The predicted octanol–water partition coefficient (Wildman–Crippen LogP) is -0.0417. The van der Waals surface area contributed by atoms with Crippen LogP contribution in [0.15, 0.2) is 0 Å². The van der Waals surface area contributed by atoms with Crippen LogP contribution in [0.3, 0.4) is 0 Å². The fourth-order valence-electron chi connectivity index (χ4n) is 1.45. The van der Waals surface area contributed by atoms with Crippen LogP contribution in [0.5, 0.6) is 0 Å². The zero-order chi connectivity index (χ0) is 11.2. The maximum atomic E-state index is 8.44. The van der Waals surface area contributed by atoms with E-state index in [0.717, 1.165) is 45.9 Å². The Labute approximate surface area is 95.6 Å². The van der Waals surface area contributed by atoms with Crippen molar-refractivity contribution in [2.24, 2.45) is 0 Å². The van der Waals surface area contributed by atoms with Crippen LogP contribution in [0, 0.1) is 0 Å². The number of aliphatic hydroxyl groups excluding tert-OH is 1. The number of hydrogen-bond donors (Lipinski definition) is 1. The first-order valence-electron chi connectivity index (χ1n) is 5.92. The summed E-state index contributed by atoms with van der Waals surface area (Å²) in [4.78, 5) is 0. The lowest BCUT2D eigenvalue weighted by atomic mass is 10.2. The molecule has 0 spiro atoms. The third-order valence-electron chi connectivity index (χ3n) is 2.64. The molecule has 1 N–H and O–H groups in total. The molecule has 3 unspecified atom stereocenters. The van der Waals surface area contributed by atoms with E-state index in [1.165, 1.54) is 0 Å². The molecular weight excluding hydrogens is 212 g/mol. The van der Waals surface area contributed by atoms with Gasteiger partial charge in [0.25, 0.3) is 0 Å². The topological polar surface area (TPSA) is 63.8 Å². The molecule has 5 nitrogen and oxygen atoms in total. The molecule has 0 saturated carbocycles. The molecule has 0 aromatic heterocycles. The van der Waals surface area contributed by atoms with Crippen LogP contribution in [-0.2, 0) is 18.9 Å². The van der Waals surface area contributed by atoms with Gasteiger partial charge in [-0.3, -0.25) is 0 Å². The second-order valence-electron chi connectivity index (χ2n) is 4.27. The molecule has 0 radical (unpaired) electrons. The summed E-state index contributed by atoms with van der Waals surface area (Å²) in [6.45, 7) is 4.29. The van der Waals surface area contributed by atoms with Crippen molar-refractivity contribution in [2.45, 2.75) is 31.2 Å². The number of rotatable bonds is 5. The van der Waals surface area contributed by atoms with Crippen molar-refractivity contribution in [2.75, 3.05) is 39.6 Å². The molecule has 3 fully saturated rings. The summed E-state index contributed by atoms with van der Waals surface area (Å²) < 4.78 is 20.2. The molecule has 5 heteroatoms. The lowest BCUT2D eigenvalue weighted by molar-refractivity contribution is 0.0591. The van der Waals surface area contributed by atoms with Gasteiger partial charge in [-0.05, 0) is 12.8 Å². The molecule has 3 saturated heterocycles. The lowest BCUT2D eigenvalue weighted by Crippen LogP contribution is -2.09. The van der Waals surface area contributed by atoms with Crippen LogP contribution < -0.4 is 0 Å². The number of ether oxygens (including phenoxy) is 4. The Morgan fingerprint density at radius 3 is 1.94 bits per heavy atom. The van der Waals surface area contributed by atoms with Gasteiger partial charge in [0.05, 0.1) is 39.1 Å². The van der Waals surface area contributed by atoms with Gasteiger partial charge in [0.1, 0.15) is 12.2 Å². The average molecular weight is 232 g/mol. The number of epoxide rings is 2. The summed E-state index contributed by atoms with van der Waals surface area (Å²) in [5.41, 5.74) is 0. The van der Waals surface area contributed by atoms with E-state index >= 15 is 0 Å². The Balaban J connectivity index is 0.000000125. The predicted molar refractivity (Wildman–Crippen MR) is 56.4 cm³/mol. The second-order valence-corrected chi connectivity index (χ2v) is 4.27. The number of hydrogen-bond acceptors (Lipinski definition) is 5. The van der Waals surface area contributed by atoms with Crippen molar-refractivity contribution in [3.8, 4) is 0 Å². The molecule has 94 valence electrons. The summed E-state index contributed by atoms with van der Waals surface area (Å²) >= 11 is 0. The van der Waals surface area contributed by atoms with Gasteiger partial charge in [-0.2, -0.15) is 0 Å². The van der Waals surface area contributed by atoms with Gasteiger partial charge in [-0.25, -0.2) is 0 Å². The highest BCUT2D eigenvalue weighted by Gasteiger charge is 2.26. The minimum absolute atomic E-state index is 0.153. The van der Waals surface area contributed by atoms with Crippen LogP contribution in [0.25, 0.3) is 0 Å². The molecule has 3 atom stereocenters. The van der Waals surface area contributed by atoms with E-state index in [0.29, 0.717) is 12.2 Å². The zero-order valence-corrected chi connectivity index (χ0v) is 9.47. The third kappa shape index (κ3) is 5.23. The van der Waals surface area contributed by atoms with Crippen molar-refractivity contribution >= 4 is 0 Å². The van der Waals surface area contributed by atoms with Gasteiger partial charge in [-0.1, -0.05) is 0 Å². The second kappa shape index (κ2) is 6.51. The SMILES string of the molecule is C(OCC1CO1)C1CO1.OCC1CCCO1. The van der Waals surface area contributed by atoms with E-state index < -0.39 is 0 Å². The van der Waals surface area contributed by atoms with Gasteiger partial charge < -0.3 is 24.1 Å². The van der Waals surface area contributed by atoms with Crippen molar-refractivity contribution in [1.82, 2.24) is 0 Å². The fraction of sp³-hybridized carbons (Fsp3) is 1.00. The highest BCUT2D eigenvalue weighted by atomic mass is 16.6. The van der Waals surface area contributed by atoms with Crippen LogP contribution >= 0.6 is 0 Å². The fourth-order valence-corrected chi connectivity index (χ4v) is 1.45. The van der Waals surface area contributed by atoms with Gasteiger partial charge in [0.15, 0.2) is 0 Å². The summed E-state index contributed by atoms with van der Waals surface area (Å²) in [5.74, 6) is 0. The van der Waals surface area contributed by atoms with E-state index in [1.54, 1.807) is 0 Å². The quantitative estimate of drug-likeness (QED) is 0.674. The minimum Gasteiger partial charge on any atom is -0.394 e. The van der Waals surface area contributed by atoms with Gasteiger partial charge in [0.2, 0.25) is 0 Å². The van der Waals surface area contributed by atoms with Crippen molar-refractivity contribution < 1.29 is 24.1 Å². The first kappa shape index (κ1) is 12.3. The first-order chi connectivity index (χ1) is 7.88. The molecule has 3 rings (SSSR count). The summed E-state index contributed by atoms with van der Waals surface area (Å²) in [6.07, 6.45) is 3.09. The Hall–Kier alpha value is -0.200. The van der Waals surface area contributed by atoms with Gasteiger partial charge in [-0.15, -0.1) is 0 Å². The molecule has 0 aromatic carbocycles. The van der Waals surface area contributed by atoms with Gasteiger partial charge in [0, 0.05) is 6.61 Å². The van der Waals surface area contributed by atoms with Crippen LogP contribution in [0.4, 0.5) is 0 Å². The van der Waals surface area contributed by atoms with Gasteiger partial charge >= 0.3 is 0 Å². The Morgan fingerprint density at radius 1 is 1.00 bits per heavy atom. The smallest absolute Gasteiger partial charge is 0.104 e. The summed E-state index contributed by atoms with van der Waals surface area (Å²) in [6, 6.07) is 0. The highest BCUT2D eigenvalue weighted by Crippen LogP contribution is 2.12. The normalized spacial score (nSPS) is 35.4. The van der Waals surface area contributed by atoms with E-state index in [2.05, 4.69) is 0 Å². The first-order valence-corrected chi connectivity index (χ1v) is 5.92. The molecule has 3 aliphatic heterocycles. The van der Waals surface area contributed by atoms with Crippen molar-refractivity contribution in [1.29, 1.82) is 0 Å². The van der Waals surface area contributed by atoms with Crippen LogP contribution in [-0.4, -0.2) is 63.1 Å². The highest BCUT2D eigenvalue weighted by molar-refractivity contribution is 4.71. The van der Waals surface area contributed by atoms with E-state index in [-0.39, 0.29) is 12.7 Å². The maximum Gasteiger partial charge on any atom is 0.104 e. The summed E-state index contributed by atoms with van der Waals surface area (Å²) in [5, 5.41) is 8.44. The molecule has 0 amide bonds. The molecule has 3 heterocycles. The average Bonchev–Trinajstić information content (AvgIpc) is 3.23. The Morgan fingerprint density at radius 2 is 1.62 bits per heavy atom. The van der Waals surface area contributed by atoms with Crippen molar-refractivity contribution in [3.63, 3.8) is 0 Å². The van der Waals surface area contributed by atoms with Crippen molar-refractivity contribution in [3.05, 3.63) is 0 Å². The Kier molecular flexibility index (Phi) is 4.99. The molecule has 16 heavy (non-hydrogen) atoms. The molecule has 0 aromatic rings. The van der Waals surface area contributed by atoms with Crippen LogP contribution in [0.2, 0.25) is 0 Å². The molecule has 0 aliphatic carbocycles. The standard InChI is InChI=1S/C6H10O3.C5H10O2/c1(5-3-8-5)7-2-6-4-9-6;6-4-5-2-1-3-7-5/h5-6H,1-4H2;5-6H,1-4H2.